The quantitative estimate of drug-likeness (QED) is 0.847. The molecule has 4 nitrogen and oxygen atoms in total. The third kappa shape index (κ3) is 1.99. The zero-order chi connectivity index (χ0) is 12.5. The number of aromatic hydroxyl groups is 1. The molecule has 1 aliphatic heterocycles. The molecule has 2 aromatic rings. The predicted octanol–water partition coefficient (Wildman–Crippen LogP) is 1.97. The lowest BCUT2D eigenvalue weighted by molar-refractivity contribution is 0.454. The number of phenolic OH excluding ortho intramolecular Hbond substituents is 1. The van der Waals surface area contributed by atoms with Crippen molar-refractivity contribution in [1.82, 2.24) is 9.55 Å². The molecule has 1 atom stereocenters. The van der Waals surface area contributed by atoms with Gasteiger partial charge in [-0.25, -0.2) is 4.98 Å². The van der Waals surface area contributed by atoms with Crippen LogP contribution < -0.4 is 5.73 Å². The van der Waals surface area contributed by atoms with Gasteiger partial charge >= 0.3 is 0 Å². The van der Waals surface area contributed by atoms with E-state index in [-0.39, 0.29) is 6.04 Å². The second-order valence-electron chi connectivity index (χ2n) is 4.84. The van der Waals surface area contributed by atoms with Crippen LogP contribution in [-0.2, 0) is 13.0 Å². The first-order chi connectivity index (χ1) is 8.74. The summed E-state index contributed by atoms with van der Waals surface area (Å²) in [6, 6.07) is 7.40. The molecule has 0 amide bonds. The van der Waals surface area contributed by atoms with Crippen molar-refractivity contribution in [2.75, 3.05) is 0 Å². The number of phenols is 1. The number of fused-ring (bicyclic) bond motifs is 1. The molecule has 18 heavy (non-hydrogen) atoms. The van der Waals surface area contributed by atoms with Crippen LogP contribution in [0.1, 0.15) is 36.0 Å². The Labute approximate surface area is 106 Å². The number of aromatic nitrogens is 2. The van der Waals surface area contributed by atoms with Crippen molar-refractivity contribution in [1.29, 1.82) is 0 Å². The van der Waals surface area contributed by atoms with E-state index in [1.165, 1.54) is 0 Å². The van der Waals surface area contributed by atoms with E-state index in [1.807, 2.05) is 18.3 Å². The SMILES string of the molecule is NC1CCCn2c1cnc2Cc1ccc(O)cc1. The molecule has 1 aromatic heterocycles. The molecule has 1 aromatic carbocycles. The standard InChI is InChI=1S/C14H17N3O/c15-12-2-1-7-17-13(12)9-16-14(17)8-10-3-5-11(18)6-4-10/h3-6,9,12,18H,1-2,7-8,15H2. The molecule has 3 rings (SSSR count). The Morgan fingerprint density at radius 2 is 2.11 bits per heavy atom. The average Bonchev–Trinajstić information content (AvgIpc) is 2.77. The summed E-state index contributed by atoms with van der Waals surface area (Å²) < 4.78 is 2.24. The van der Waals surface area contributed by atoms with Crippen LogP contribution in [0, 0.1) is 0 Å². The molecule has 4 heteroatoms. The molecule has 1 unspecified atom stereocenters. The molecule has 0 saturated heterocycles. The average molecular weight is 243 g/mol. The zero-order valence-electron chi connectivity index (χ0n) is 10.2. The third-order valence-electron chi connectivity index (χ3n) is 3.54. The van der Waals surface area contributed by atoms with E-state index in [0.29, 0.717) is 5.75 Å². The Balaban J connectivity index is 1.87. The summed E-state index contributed by atoms with van der Waals surface area (Å²) in [5.41, 5.74) is 8.38. The van der Waals surface area contributed by atoms with Gasteiger partial charge in [-0.3, -0.25) is 0 Å². The Hall–Kier alpha value is -1.81. The highest BCUT2D eigenvalue weighted by molar-refractivity contribution is 5.28. The molecule has 3 N–H and O–H groups in total. The van der Waals surface area contributed by atoms with Crippen LogP contribution in [0.25, 0.3) is 0 Å². The normalized spacial score (nSPS) is 18.6. The van der Waals surface area contributed by atoms with Crippen LogP contribution in [0.5, 0.6) is 5.75 Å². The Morgan fingerprint density at radius 1 is 1.33 bits per heavy atom. The number of rotatable bonds is 2. The number of nitrogens with zero attached hydrogens (tertiary/aromatic N) is 2. The zero-order valence-corrected chi connectivity index (χ0v) is 10.2. The summed E-state index contributed by atoms with van der Waals surface area (Å²) in [6.45, 7) is 1.01. The van der Waals surface area contributed by atoms with Gasteiger partial charge in [-0.2, -0.15) is 0 Å². The molecule has 0 aliphatic carbocycles. The lowest BCUT2D eigenvalue weighted by atomic mass is 10.1. The van der Waals surface area contributed by atoms with Gasteiger partial charge < -0.3 is 15.4 Å². The van der Waals surface area contributed by atoms with Gasteiger partial charge in [0.15, 0.2) is 0 Å². The van der Waals surface area contributed by atoms with Gasteiger partial charge in [0.05, 0.1) is 11.9 Å². The van der Waals surface area contributed by atoms with Crippen molar-refractivity contribution < 1.29 is 5.11 Å². The Bertz CT molecular complexity index is 545. The highest BCUT2D eigenvalue weighted by atomic mass is 16.3. The summed E-state index contributed by atoms with van der Waals surface area (Å²) in [5, 5.41) is 9.27. The molecular weight excluding hydrogens is 226 g/mol. The molecular formula is C14H17N3O. The van der Waals surface area contributed by atoms with E-state index < -0.39 is 0 Å². The fraction of sp³-hybridized carbons (Fsp3) is 0.357. The maximum absolute atomic E-state index is 9.27. The minimum atomic E-state index is 0.125. The van der Waals surface area contributed by atoms with Crippen molar-refractivity contribution in [3.05, 3.63) is 47.5 Å². The maximum atomic E-state index is 9.27. The number of nitrogens with two attached hydrogens (primary N) is 1. The third-order valence-corrected chi connectivity index (χ3v) is 3.54. The molecule has 0 saturated carbocycles. The summed E-state index contributed by atoms with van der Waals surface area (Å²) in [6.07, 6.45) is 4.85. The minimum absolute atomic E-state index is 0.125. The summed E-state index contributed by atoms with van der Waals surface area (Å²) in [5.74, 6) is 1.36. The molecule has 0 bridgehead atoms. The first-order valence-corrected chi connectivity index (χ1v) is 6.32. The number of imidazole rings is 1. The van der Waals surface area contributed by atoms with E-state index in [9.17, 15) is 5.11 Å². The van der Waals surface area contributed by atoms with Gasteiger partial charge in [-0.05, 0) is 30.5 Å². The number of hydrogen-bond donors (Lipinski definition) is 2. The van der Waals surface area contributed by atoms with E-state index >= 15 is 0 Å². The van der Waals surface area contributed by atoms with Gasteiger partial charge in [-0.1, -0.05) is 12.1 Å². The van der Waals surface area contributed by atoms with Crippen LogP contribution in [0.4, 0.5) is 0 Å². The minimum Gasteiger partial charge on any atom is -0.508 e. The second-order valence-corrected chi connectivity index (χ2v) is 4.84. The van der Waals surface area contributed by atoms with Gasteiger partial charge in [0.1, 0.15) is 11.6 Å². The van der Waals surface area contributed by atoms with Gasteiger partial charge in [0.2, 0.25) is 0 Å². The van der Waals surface area contributed by atoms with Crippen molar-refractivity contribution >= 4 is 0 Å². The van der Waals surface area contributed by atoms with E-state index in [0.717, 1.165) is 42.9 Å². The fourth-order valence-electron chi connectivity index (χ4n) is 2.54. The van der Waals surface area contributed by atoms with Crippen LogP contribution in [0.2, 0.25) is 0 Å². The summed E-state index contributed by atoms with van der Waals surface area (Å²) >= 11 is 0. The fourth-order valence-corrected chi connectivity index (χ4v) is 2.54. The smallest absolute Gasteiger partial charge is 0.115 e. The lowest BCUT2D eigenvalue weighted by Gasteiger charge is -2.22. The number of benzene rings is 1. The van der Waals surface area contributed by atoms with Gasteiger partial charge in [-0.15, -0.1) is 0 Å². The molecule has 0 radical (unpaired) electrons. The number of hydrogen-bond acceptors (Lipinski definition) is 3. The second kappa shape index (κ2) is 4.46. The van der Waals surface area contributed by atoms with Crippen molar-refractivity contribution in [3.63, 3.8) is 0 Å². The monoisotopic (exact) mass is 243 g/mol. The van der Waals surface area contributed by atoms with Crippen LogP contribution in [-0.4, -0.2) is 14.7 Å². The van der Waals surface area contributed by atoms with Crippen molar-refractivity contribution in [3.8, 4) is 5.75 Å². The van der Waals surface area contributed by atoms with E-state index in [2.05, 4.69) is 9.55 Å². The Kier molecular flexibility index (Phi) is 2.80. The van der Waals surface area contributed by atoms with Crippen LogP contribution >= 0.6 is 0 Å². The molecule has 2 heterocycles. The van der Waals surface area contributed by atoms with E-state index in [1.54, 1.807) is 12.1 Å². The first kappa shape index (κ1) is 11.3. The van der Waals surface area contributed by atoms with Crippen LogP contribution in [0.15, 0.2) is 30.5 Å². The molecule has 0 fully saturated rings. The molecule has 94 valence electrons. The summed E-state index contributed by atoms with van der Waals surface area (Å²) in [4.78, 5) is 4.49. The van der Waals surface area contributed by atoms with Crippen molar-refractivity contribution in [2.45, 2.75) is 31.8 Å². The highest BCUT2D eigenvalue weighted by Gasteiger charge is 2.20. The van der Waals surface area contributed by atoms with Crippen molar-refractivity contribution in [2.24, 2.45) is 5.73 Å². The van der Waals surface area contributed by atoms with Gasteiger partial charge in [0, 0.05) is 19.0 Å². The highest BCUT2D eigenvalue weighted by Crippen LogP contribution is 2.25. The first-order valence-electron chi connectivity index (χ1n) is 6.32. The topological polar surface area (TPSA) is 64.1 Å². The summed E-state index contributed by atoms with van der Waals surface area (Å²) in [7, 11) is 0. The largest absolute Gasteiger partial charge is 0.508 e. The van der Waals surface area contributed by atoms with E-state index in [4.69, 9.17) is 5.73 Å². The molecule has 1 aliphatic rings. The van der Waals surface area contributed by atoms with Crippen LogP contribution in [0.3, 0.4) is 0 Å². The molecule has 0 spiro atoms. The Morgan fingerprint density at radius 3 is 2.89 bits per heavy atom. The lowest BCUT2D eigenvalue weighted by Crippen LogP contribution is -2.22. The predicted molar refractivity (Wildman–Crippen MR) is 69.3 cm³/mol. The maximum Gasteiger partial charge on any atom is 0.115 e. The van der Waals surface area contributed by atoms with Gasteiger partial charge in [0.25, 0.3) is 0 Å².